The number of ether oxygens (including phenoxy) is 1. The lowest BCUT2D eigenvalue weighted by Crippen LogP contribution is -2.39. The highest BCUT2D eigenvalue weighted by atomic mass is 35.5. The van der Waals surface area contributed by atoms with Gasteiger partial charge in [-0.1, -0.05) is 17.7 Å². The molecule has 0 bridgehead atoms. The van der Waals surface area contributed by atoms with Crippen LogP contribution in [0.5, 0.6) is 0 Å². The molecule has 0 spiro atoms. The maximum absolute atomic E-state index is 11.7. The van der Waals surface area contributed by atoms with Gasteiger partial charge in [0.05, 0.1) is 16.4 Å². The number of anilines is 2. The number of halogens is 1. The molecule has 86 valence electrons. The van der Waals surface area contributed by atoms with Crippen molar-refractivity contribution in [3.63, 3.8) is 0 Å². The zero-order valence-electron chi connectivity index (χ0n) is 8.92. The van der Waals surface area contributed by atoms with Gasteiger partial charge in [0, 0.05) is 13.7 Å². The number of para-hydroxylation sites is 1. The maximum Gasteiger partial charge on any atom is 0.247 e. The summed E-state index contributed by atoms with van der Waals surface area (Å²) in [5, 5.41) is 6.56. The molecule has 0 radical (unpaired) electrons. The van der Waals surface area contributed by atoms with Gasteiger partial charge in [0.25, 0.3) is 0 Å². The molecule has 1 aliphatic heterocycles. The third kappa shape index (κ3) is 2.13. The first-order valence-electron chi connectivity index (χ1n) is 5.07. The van der Waals surface area contributed by atoms with Crippen molar-refractivity contribution in [3.05, 3.63) is 23.2 Å². The minimum absolute atomic E-state index is 0.0492. The molecule has 1 aromatic carbocycles. The van der Waals surface area contributed by atoms with E-state index in [1.165, 1.54) is 0 Å². The number of hydrogen-bond acceptors (Lipinski definition) is 3. The van der Waals surface area contributed by atoms with Crippen LogP contribution in [0, 0.1) is 0 Å². The van der Waals surface area contributed by atoms with Crippen LogP contribution in [0.25, 0.3) is 0 Å². The van der Waals surface area contributed by atoms with Crippen molar-refractivity contribution < 1.29 is 9.53 Å². The zero-order valence-corrected chi connectivity index (χ0v) is 9.67. The standard InChI is InChI=1S/C11H13ClN2O2/c1-16-6-5-9-11(15)14-8-4-2-3-7(12)10(8)13-9/h2-4,9,13H,5-6H2,1H3,(H,14,15). The number of amides is 1. The lowest BCUT2D eigenvalue weighted by molar-refractivity contribution is -0.117. The Morgan fingerprint density at radius 1 is 1.50 bits per heavy atom. The predicted molar refractivity (Wildman–Crippen MR) is 64.0 cm³/mol. The van der Waals surface area contributed by atoms with Crippen molar-refractivity contribution in [1.29, 1.82) is 0 Å². The van der Waals surface area contributed by atoms with Gasteiger partial charge in [-0.2, -0.15) is 0 Å². The molecule has 2 rings (SSSR count). The van der Waals surface area contributed by atoms with Gasteiger partial charge in [-0.3, -0.25) is 4.79 Å². The predicted octanol–water partition coefficient (Wildman–Crippen LogP) is 2.11. The molecule has 5 heteroatoms. The van der Waals surface area contributed by atoms with Gasteiger partial charge in [-0.25, -0.2) is 0 Å². The quantitative estimate of drug-likeness (QED) is 0.851. The Morgan fingerprint density at radius 2 is 2.31 bits per heavy atom. The number of rotatable bonds is 3. The monoisotopic (exact) mass is 240 g/mol. The fourth-order valence-electron chi connectivity index (χ4n) is 1.67. The van der Waals surface area contributed by atoms with Crippen LogP contribution in [0.4, 0.5) is 11.4 Å². The number of carbonyl (C=O) groups excluding carboxylic acids is 1. The lowest BCUT2D eigenvalue weighted by Gasteiger charge is -2.27. The molecule has 1 unspecified atom stereocenters. The molecule has 4 nitrogen and oxygen atoms in total. The summed E-state index contributed by atoms with van der Waals surface area (Å²) >= 11 is 6.04. The summed E-state index contributed by atoms with van der Waals surface area (Å²) in [5.74, 6) is -0.0492. The molecule has 0 aliphatic carbocycles. The Bertz CT molecular complexity index is 409. The second-order valence-corrected chi connectivity index (χ2v) is 4.04. The van der Waals surface area contributed by atoms with Crippen molar-refractivity contribution in [1.82, 2.24) is 0 Å². The second kappa shape index (κ2) is 4.72. The highest BCUT2D eigenvalue weighted by Gasteiger charge is 2.26. The van der Waals surface area contributed by atoms with Gasteiger partial charge < -0.3 is 15.4 Å². The van der Waals surface area contributed by atoms with Crippen LogP contribution in [0.2, 0.25) is 5.02 Å². The molecule has 1 heterocycles. The first-order valence-corrected chi connectivity index (χ1v) is 5.45. The molecule has 1 aliphatic rings. The summed E-state index contributed by atoms with van der Waals surface area (Å²) in [5.41, 5.74) is 1.51. The summed E-state index contributed by atoms with van der Waals surface area (Å²) in [6.45, 7) is 0.533. The van der Waals surface area contributed by atoms with Gasteiger partial charge in [-0.15, -0.1) is 0 Å². The molecule has 0 saturated carbocycles. The average molecular weight is 241 g/mol. The van der Waals surface area contributed by atoms with Gasteiger partial charge in [0.2, 0.25) is 5.91 Å². The molecule has 16 heavy (non-hydrogen) atoms. The largest absolute Gasteiger partial charge is 0.385 e. The van der Waals surface area contributed by atoms with Crippen LogP contribution in [0.15, 0.2) is 18.2 Å². The van der Waals surface area contributed by atoms with E-state index in [1.807, 2.05) is 6.07 Å². The molecular formula is C11H13ClN2O2. The van der Waals surface area contributed by atoms with Crippen molar-refractivity contribution in [2.45, 2.75) is 12.5 Å². The van der Waals surface area contributed by atoms with Gasteiger partial charge >= 0.3 is 0 Å². The van der Waals surface area contributed by atoms with E-state index in [0.29, 0.717) is 18.1 Å². The molecule has 2 N–H and O–H groups in total. The van der Waals surface area contributed by atoms with Crippen molar-refractivity contribution in [2.24, 2.45) is 0 Å². The van der Waals surface area contributed by atoms with Crippen molar-refractivity contribution in [3.8, 4) is 0 Å². The summed E-state index contributed by atoms with van der Waals surface area (Å²) in [4.78, 5) is 11.7. The number of fused-ring (bicyclic) bond motifs is 1. The first-order chi connectivity index (χ1) is 7.72. The highest BCUT2D eigenvalue weighted by Crippen LogP contribution is 2.33. The van der Waals surface area contributed by atoms with E-state index in [9.17, 15) is 4.79 Å². The normalized spacial score (nSPS) is 18.6. The van der Waals surface area contributed by atoms with Crippen molar-refractivity contribution in [2.75, 3.05) is 24.4 Å². The molecular weight excluding hydrogens is 228 g/mol. The number of hydrogen-bond donors (Lipinski definition) is 2. The molecule has 1 aromatic rings. The molecule has 0 fully saturated rings. The molecule has 0 saturated heterocycles. The summed E-state index contributed by atoms with van der Waals surface area (Å²) in [6.07, 6.45) is 0.618. The number of methoxy groups -OCH3 is 1. The number of benzene rings is 1. The Balaban J connectivity index is 2.20. The van der Waals surface area contributed by atoms with E-state index in [2.05, 4.69) is 10.6 Å². The number of carbonyl (C=O) groups is 1. The smallest absolute Gasteiger partial charge is 0.247 e. The maximum atomic E-state index is 11.7. The van der Waals surface area contributed by atoms with Gasteiger partial charge in [-0.05, 0) is 18.6 Å². The Hall–Kier alpha value is -1.26. The fraction of sp³-hybridized carbons (Fsp3) is 0.364. The summed E-state index contributed by atoms with van der Waals surface area (Å²) in [6, 6.07) is 5.13. The lowest BCUT2D eigenvalue weighted by atomic mass is 10.1. The fourth-order valence-corrected chi connectivity index (χ4v) is 1.90. The first kappa shape index (κ1) is 11.2. The van der Waals surface area contributed by atoms with Crippen LogP contribution < -0.4 is 10.6 Å². The van der Waals surface area contributed by atoms with E-state index in [-0.39, 0.29) is 11.9 Å². The topological polar surface area (TPSA) is 50.4 Å². The molecule has 1 atom stereocenters. The van der Waals surface area contributed by atoms with Crippen LogP contribution in [0.3, 0.4) is 0 Å². The third-order valence-electron chi connectivity index (χ3n) is 2.52. The third-order valence-corrected chi connectivity index (χ3v) is 2.83. The van der Waals surface area contributed by atoms with E-state index in [0.717, 1.165) is 11.4 Å². The van der Waals surface area contributed by atoms with E-state index < -0.39 is 0 Å². The van der Waals surface area contributed by atoms with Crippen LogP contribution in [-0.2, 0) is 9.53 Å². The Morgan fingerprint density at radius 3 is 3.06 bits per heavy atom. The minimum atomic E-state index is -0.285. The minimum Gasteiger partial charge on any atom is -0.385 e. The molecule has 0 aromatic heterocycles. The van der Waals surface area contributed by atoms with Crippen molar-refractivity contribution >= 4 is 28.9 Å². The zero-order chi connectivity index (χ0) is 11.5. The summed E-state index contributed by atoms with van der Waals surface area (Å²) in [7, 11) is 1.61. The van der Waals surface area contributed by atoms with Gasteiger partial charge in [0.1, 0.15) is 6.04 Å². The van der Waals surface area contributed by atoms with E-state index >= 15 is 0 Å². The highest BCUT2D eigenvalue weighted by molar-refractivity contribution is 6.34. The van der Waals surface area contributed by atoms with E-state index in [1.54, 1.807) is 19.2 Å². The summed E-state index contributed by atoms with van der Waals surface area (Å²) < 4.78 is 4.96. The molecule has 1 amide bonds. The van der Waals surface area contributed by atoms with Crippen LogP contribution in [-0.4, -0.2) is 25.7 Å². The SMILES string of the molecule is COCCC1Nc2c(Cl)cccc2NC1=O. The number of nitrogens with one attached hydrogen (secondary N) is 2. The van der Waals surface area contributed by atoms with Crippen LogP contribution >= 0.6 is 11.6 Å². The van der Waals surface area contributed by atoms with E-state index in [4.69, 9.17) is 16.3 Å². The average Bonchev–Trinajstić information content (AvgIpc) is 2.27. The second-order valence-electron chi connectivity index (χ2n) is 3.63. The van der Waals surface area contributed by atoms with Crippen LogP contribution in [0.1, 0.15) is 6.42 Å². The van der Waals surface area contributed by atoms with Gasteiger partial charge in [0.15, 0.2) is 0 Å². The Kier molecular flexibility index (Phi) is 3.31. The Labute approximate surface area is 98.9 Å².